The van der Waals surface area contributed by atoms with Crippen LogP contribution < -0.4 is 16.4 Å². The average molecular weight is 357 g/mol. The van der Waals surface area contributed by atoms with Crippen molar-refractivity contribution in [2.75, 3.05) is 19.6 Å². The van der Waals surface area contributed by atoms with E-state index in [1.807, 2.05) is 12.3 Å². The molecule has 0 atom stereocenters. The molecule has 21 heavy (non-hydrogen) atoms. The Morgan fingerprint density at radius 1 is 1.24 bits per heavy atom. The first-order valence-corrected chi connectivity index (χ1v) is 7.14. The summed E-state index contributed by atoms with van der Waals surface area (Å²) in [5.74, 6) is -0.513. The SMILES string of the molecule is Cc1csc(CCCCNC(=O)CNC(=O)CN)n1.Cl.Cl. The summed E-state index contributed by atoms with van der Waals surface area (Å²) in [4.78, 5) is 26.5. The molecule has 0 spiro atoms. The first-order chi connectivity index (χ1) is 9.11. The summed E-state index contributed by atoms with van der Waals surface area (Å²) >= 11 is 1.67. The van der Waals surface area contributed by atoms with Gasteiger partial charge in [0.25, 0.3) is 0 Å². The van der Waals surface area contributed by atoms with Crippen LogP contribution in [-0.4, -0.2) is 36.4 Å². The number of carbonyl (C=O) groups excluding carboxylic acids is 2. The molecule has 0 aliphatic heterocycles. The van der Waals surface area contributed by atoms with Crippen molar-refractivity contribution in [3.05, 3.63) is 16.1 Å². The molecule has 0 aliphatic carbocycles. The zero-order valence-electron chi connectivity index (χ0n) is 11.9. The number of nitrogens with one attached hydrogen (secondary N) is 2. The second kappa shape index (κ2) is 12.8. The number of nitrogens with two attached hydrogens (primary N) is 1. The van der Waals surface area contributed by atoms with Gasteiger partial charge in [0.05, 0.1) is 18.1 Å². The maximum atomic E-state index is 11.3. The molecular weight excluding hydrogens is 335 g/mol. The first-order valence-electron chi connectivity index (χ1n) is 6.26. The van der Waals surface area contributed by atoms with Crippen molar-refractivity contribution in [3.63, 3.8) is 0 Å². The fourth-order valence-corrected chi connectivity index (χ4v) is 2.28. The maximum absolute atomic E-state index is 11.3. The highest BCUT2D eigenvalue weighted by atomic mass is 35.5. The molecule has 4 N–H and O–H groups in total. The van der Waals surface area contributed by atoms with Gasteiger partial charge in [0, 0.05) is 17.6 Å². The topological polar surface area (TPSA) is 97.1 Å². The van der Waals surface area contributed by atoms with Crippen molar-refractivity contribution in [1.29, 1.82) is 0 Å². The van der Waals surface area contributed by atoms with Gasteiger partial charge in [0.2, 0.25) is 11.8 Å². The Morgan fingerprint density at radius 3 is 2.52 bits per heavy atom. The maximum Gasteiger partial charge on any atom is 0.239 e. The number of carbonyl (C=O) groups is 2. The Kier molecular flexibility index (Phi) is 13.7. The summed E-state index contributed by atoms with van der Waals surface area (Å²) in [6, 6.07) is 0. The van der Waals surface area contributed by atoms with E-state index >= 15 is 0 Å². The molecule has 0 radical (unpaired) electrons. The summed E-state index contributed by atoms with van der Waals surface area (Å²) < 4.78 is 0. The lowest BCUT2D eigenvalue weighted by Gasteiger charge is -2.05. The van der Waals surface area contributed by atoms with Crippen LogP contribution in [0.2, 0.25) is 0 Å². The highest BCUT2D eigenvalue weighted by Crippen LogP contribution is 2.11. The van der Waals surface area contributed by atoms with Crippen LogP contribution >= 0.6 is 36.2 Å². The Hall–Kier alpha value is -0.890. The van der Waals surface area contributed by atoms with Gasteiger partial charge in [-0.3, -0.25) is 9.59 Å². The third kappa shape index (κ3) is 10.5. The summed E-state index contributed by atoms with van der Waals surface area (Å²) in [7, 11) is 0. The van der Waals surface area contributed by atoms with Gasteiger partial charge in [0.1, 0.15) is 0 Å². The zero-order chi connectivity index (χ0) is 14.1. The van der Waals surface area contributed by atoms with Gasteiger partial charge in [-0.15, -0.1) is 36.2 Å². The molecular formula is C12H22Cl2N4O2S. The number of halogens is 2. The number of nitrogens with zero attached hydrogens (tertiary/aromatic N) is 1. The van der Waals surface area contributed by atoms with Crippen molar-refractivity contribution in [2.45, 2.75) is 26.2 Å². The van der Waals surface area contributed by atoms with E-state index in [0.717, 1.165) is 30.0 Å². The monoisotopic (exact) mass is 356 g/mol. The summed E-state index contributed by atoms with van der Waals surface area (Å²) in [5, 5.41) is 8.34. The van der Waals surface area contributed by atoms with Crippen LogP contribution in [0.25, 0.3) is 0 Å². The fraction of sp³-hybridized carbons (Fsp3) is 0.583. The average Bonchev–Trinajstić information content (AvgIpc) is 2.81. The molecule has 0 aromatic carbocycles. The smallest absolute Gasteiger partial charge is 0.239 e. The van der Waals surface area contributed by atoms with Gasteiger partial charge < -0.3 is 16.4 Å². The van der Waals surface area contributed by atoms with E-state index in [4.69, 9.17) is 5.73 Å². The fourth-order valence-electron chi connectivity index (χ4n) is 1.46. The largest absolute Gasteiger partial charge is 0.355 e. The van der Waals surface area contributed by atoms with Crippen LogP contribution in [0.5, 0.6) is 0 Å². The van der Waals surface area contributed by atoms with Gasteiger partial charge in [-0.05, 0) is 26.2 Å². The number of amides is 2. The van der Waals surface area contributed by atoms with Crippen molar-refractivity contribution < 1.29 is 9.59 Å². The van der Waals surface area contributed by atoms with Crippen molar-refractivity contribution in [3.8, 4) is 0 Å². The van der Waals surface area contributed by atoms with E-state index in [1.165, 1.54) is 0 Å². The van der Waals surface area contributed by atoms with Gasteiger partial charge >= 0.3 is 0 Å². The van der Waals surface area contributed by atoms with Crippen molar-refractivity contribution >= 4 is 48.0 Å². The molecule has 0 bridgehead atoms. The lowest BCUT2D eigenvalue weighted by Crippen LogP contribution is -2.39. The minimum Gasteiger partial charge on any atom is -0.355 e. The number of aromatic nitrogens is 1. The Labute approximate surface area is 141 Å². The summed E-state index contributed by atoms with van der Waals surface area (Å²) in [6.07, 6.45) is 2.83. The quantitative estimate of drug-likeness (QED) is 0.600. The van der Waals surface area contributed by atoms with Crippen LogP contribution in [0, 0.1) is 6.92 Å². The molecule has 1 rings (SSSR count). The van der Waals surface area contributed by atoms with Gasteiger partial charge in [-0.1, -0.05) is 0 Å². The van der Waals surface area contributed by atoms with Crippen LogP contribution in [0.1, 0.15) is 23.5 Å². The number of rotatable bonds is 8. The molecule has 6 nitrogen and oxygen atoms in total. The van der Waals surface area contributed by atoms with Gasteiger partial charge in [-0.2, -0.15) is 0 Å². The molecule has 0 saturated heterocycles. The van der Waals surface area contributed by atoms with Crippen LogP contribution in [0.15, 0.2) is 5.38 Å². The third-order valence-corrected chi connectivity index (χ3v) is 3.46. The predicted molar refractivity (Wildman–Crippen MR) is 89.4 cm³/mol. The third-order valence-electron chi connectivity index (χ3n) is 2.44. The summed E-state index contributed by atoms with van der Waals surface area (Å²) in [6.45, 7) is 2.49. The minimum atomic E-state index is -0.325. The Bertz CT molecular complexity index is 429. The summed E-state index contributed by atoms with van der Waals surface area (Å²) in [5.41, 5.74) is 6.17. The van der Waals surface area contributed by atoms with E-state index in [1.54, 1.807) is 11.3 Å². The number of thiazole rings is 1. The predicted octanol–water partition coefficient (Wildman–Crippen LogP) is 0.809. The molecule has 0 aliphatic rings. The van der Waals surface area contributed by atoms with Crippen LogP contribution in [0.3, 0.4) is 0 Å². The number of hydrogen-bond acceptors (Lipinski definition) is 5. The molecule has 0 unspecified atom stereocenters. The van der Waals surface area contributed by atoms with Crippen molar-refractivity contribution in [1.82, 2.24) is 15.6 Å². The number of unbranched alkanes of at least 4 members (excludes halogenated alkanes) is 1. The minimum absolute atomic E-state index is 0. The lowest BCUT2D eigenvalue weighted by molar-refractivity contribution is -0.125. The van der Waals surface area contributed by atoms with Crippen molar-refractivity contribution in [2.24, 2.45) is 5.73 Å². The Balaban J connectivity index is 0. The highest BCUT2D eigenvalue weighted by Gasteiger charge is 2.03. The highest BCUT2D eigenvalue weighted by molar-refractivity contribution is 7.09. The second-order valence-electron chi connectivity index (χ2n) is 4.17. The standard InChI is InChI=1S/C12H20N4O2S.2ClH/c1-9-8-19-12(16-9)4-2-3-5-14-11(18)7-15-10(17)6-13;;/h8H,2-7,13H2,1H3,(H,14,18)(H,15,17);2*1H. The normalized spacial score (nSPS) is 9.24. The molecule has 9 heteroatoms. The molecule has 1 aromatic heterocycles. The van der Waals surface area contributed by atoms with E-state index in [0.29, 0.717) is 6.54 Å². The van der Waals surface area contributed by atoms with E-state index in [2.05, 4.69) is 15.6 Å². The Morgan fingerprint density at radius 2 is 1.95 bits per heavy atom. The van der Waals surface area contributed by atoms with Crippen LogP contribution in [0.4, 0.5) is 0 Å². The zero-order valence-corrected chi connectivity index (χ0v) is 14.3. The number of hydrogen-bond donors (Lipinski definition) is 3. The second-order valence-corrected chi connectivity index (χ2v) is 5.11. The van der Waals surface area contributed by atoms with Gasteiger partial charge in [-0.25, -0.2) is 4.98 Å². The molecule has 0 saturated carbocycles. The molecule has 0 fully saturated rings. The molecule has 1 aromatic rings. The molecule has 2 amide bonds. The van der Waals surface area contributed by atoms with E-state index < -0.39 is 0 Å². The molecule has 1 heterocycles. The first kappa shape index (κ1) is 22.4. The number of aryl methyl sites for hydroxylation is 2. The van der Waals surface area contributed by atoms with Gasteiger partial charge in [0.15, 0.2) is 0 Å². The lowest BCUT2D eigenvalue weighted by atomic mass is 10.2. The van der Waals surface area contributed by atoms with Crippen LogP contribution in [-0.2, 0) is 16.0 Å². The van der Waals surface area contributed by atoms with E-state index in [-0.39, 0.29) is 49.7 Å². The van der Waals surface area contributed by atoms with E-state index in [9.17, 15) is 9.59 Å². The molecule has 122 valence electrons.